The minimum Gasteiger partial charge on any atom is -0.424 e. The second-order valence-electron chi connectivity index (χ2n) is 3.84. The summed E-state index contributed by atoms with van der Waals surface area (Å²) < 4.78 is 5.09. The molecule has 18 heavy (non-hydrogen) atoms. The van der Waals surface area contributed by atoms with Crippen LogP contribution >= 0.6 is 0 Å². The molecule has 1 aromatic heterocycles. The lowest BCUT2D eigenvalue weighted by atomic mass is 10.1. The third-order valence-electron chi connectivity index (χ3n) is 2.33. The number of hydrogen-bond donors (Lipinski definition) is 2. The number of aryl methyl sites for hydroxylation is 1. The van der Waals surface area contributed by atoms with E-state index in [9.17, 15) is 14.7 Å². The number of aromatic nitrogens is 1. The first kappa shape index (κ1) is 14.1. The molecule has 98 valence electrons. The van der Waals surface area contributed by atoms with Crippen LogP contribution in [0.15, 0.2) is 6.20 Å². The first-order valence-electron chi connectivity index (χ1n) is 5.46. The van der Waals surface area contributed by atoms with E-state index < -0.39 is 5.97 Å². The Morgan fingerprint density at radius 3 is 2.61 bits per heavy atom. The number of hydrogen-bond acceptors (Lipinski definition) is 5. The van der Waals surface area contributed by atoms with Gasteiger partial charge in [0.15, 0.2) is 5.75 Å². The number of nitrogens with one attached hydrogen (secondary N) is 1. The molecule has 0 saturated heterocycles. The Balaban J connectivity index is 3.17. The van der Waals surface area contributed by atoms with Gasteiger partial charge >= 0.3 is 5.97 Å². The van der Waals surface area contributed by atoms with Gasteiger partial charge in [0.25, 0.3) is 0 Å². The van der Waals surface area contributed by atoms with Gasteiger partial charge in [-0.25, -0.2) is 0 Å². The summed E-state index contributed by atoms with van der Waals surface area (Å²) in [5.74, 6) is -0.385. The average Bonchev–Trinajstić information content (AvgIpc) is 2.29. The number of aliphatic hydroxyl groups is 1. The molecule has 1 rings (SSSR count). The van der Waals surface area contributed by atoms with Crippen molar-refractivity contribution in [1.82, 2.24) is 10.3 Å². The zero-order valence-corrected chi connectivity index (χ0v) is 10.6. The van der Waals surface area contributed by atoms with Gasteiger partial charge in [-0.3, -0.25) is 14.6 Å². The number of amides is 1. The van der Waals surface area contributed by atoms with Crippen molar-refractivity contribution in [2.45, 2.75) is 33.9 Å². The second-order valence-corrected chi connectivity index (χ2v) is 3.84. The molecule has 1 aromatic rings. The molecule has 0 fully saturated rings. The van der Waals surface area contributed by atoms with Crippen molar-refractivity contribution in [3.8, 4) is 5.75 Å². The molecular formula is C12H16N2O4. The Morgan fingerprint density at radius 2 is 2.11 bits per heavy atom. The molecule has 0 radical (unpaired) electrons. The quantitative estimate of drug-likeness (QED) is 0.759. The summed E-state index contributed by atoms with van der Waals surface area (Å²) in [6, 6.07) is 0. The van der Waals surface area contributed by atoms with Gasteiger partial charge < -0.3 is 15.2 Å². The van der Waals surface area contributed by atoms with Crippen LogP contribution in [-0.2, 0) is 22.7 Å². The molecular weight excluding hydrogens is 236 g/mol. The molecule has 0 aliphatic rings. The first-order chi connectivity index (χ1) is 8.45. The maximum absolute atomic E-state index is 11.1. The predicted molar refractivity (Wildman–Crippen MR) is 63.7 cm³/mol. The summed E-state index contributed by atoms with van der Waals surface area (Å²) in [5.41, 5.74) is 1.61. The van der Waals surface area contributed by atoms with Gasteiger partial charge in [0.2, 0.25) is 5.91 Å². The van der Waals surface area contributed by atoms with Crippen LogP contribution in [0.2, 0.25) is 0 Å². The number of ether oxygens (including phenoxy) is 1. The van der Waals surface area contributed by atoms with Gasteiger partial charge in [-0.05, 0) is 6.92 Å². The van der Waals surface area contributed by atoms with Gasteiger partial charge in [0.05, 0.1) is 12.3 Å². The lowest BCUT2D eigenvalue weighted by Gasteiger charge is -2.14. The molecule has 0 atom stereocenters. The van der Waals surface area contributed by atoms with Gasteiger partial charge in [-0.2, -0.15) is 0 Å². The number of aliphatic hydroxyl groups excluding tert-OH is 1. The van der Waals surface area contributed by atoms with Crippen LogP contribution in [-0.4, -0.2) is 22.0 Å². The topological polar surface area (TPSA) is 88.5 Å². The molecule has 0 aliphatic heterocycles. The monoisotopic (exact) mass is 252 g/mol. The van der Waals surface area contributed by atoms with Crippen molar-refractivity contribution in [1.29, 1.82) is 0 Å². The maximum Gasteiger partial charge on any atom is 0.308 e. The lowest BCUT2D eigenvalue weighted by Crippen LogP contribution is -2.21. The van der Waals surface area contributed by atoms with Crippen LogP contribution in [0.1, 0.15) is 30.7 Å². The summed E-state index contributed by atoms with van der Waals surface area (Å²) in [4.78, 5) is 26.0. The fourth-order valence-corrected chi connectivity index (χ4v) is 1.50. The van der Waals surface area contributed by atoms with E-state index in [0.717, 1.165) is 0 Å². The minimum absolute atomic E-state index is 0.178. The van der Waals surface area contributed by atoms with Crippen molar-refractivity contribution in [3.63, 3.8) is 0 Å². The molecule has 1 heterocycles. The smallest absolute Gasteiger partial charge is 0.308 e. The van der Waals surface area contributed by atoms with E-state index in [4.69, 9.17) is 4.74 Å². The third kappa shape index (κ3) is 3.53. The van der Waals surface area contributed by atoms with E-state index in [1.54, 1.807) is 6.92 Å². The second kappa shape index (κ2) is 6.11. The third-order valence-corrected chi connectivity index (χ3v) is 2.33. The van der Waals surface area contributed by atoms with Gasteiger partial charge in [0.1, 0.15) is 0 Å². The highest BCUT2D eigenvalue weighted by Crippen LogP contribution is 2.25. The van der Waals surface area contributed by atoms with Crippen molar-refractivity contribution in [2.24, 2.45) is 0 Å². The summed E-state index contributed by atoms with van der Waals surface area (Å²) in [6.45, 7) is 4.30. The van der Waals surface area contributed by atoms with Crippen molar-refractivity contribution >= 4 is 11.9 Å². The summed E-state index contributed by atoms with van der Waals surface area (Å²) in [6.07, 6.45) is 1.50. The molecule has 0 aliphatic carbocycles. The molecule has 1 amide bonds. The van der Waals surface area contributed by atoms with E-state index in [0.29, 0.717) is 22.6 Å². The molecule has 0 spiro atoms. The largest absolute Gasteiger partial charge is 0.424 e. The standard InChI is InChI=1S/C12H16N2O4/c1-7-12(18-9(3)17)11(5-14-8(2)16)10(6-15)4-13-7/h4,15H,5-6H2,1-3H3,(H,14,16). The molecule has 2 N–H and O–H groups in total. The van der Waals surface area contributed by atoms with Crippen molar-refractivity contribution in [2.75, 3.05) is 0 Å². The number of nitrogens with zero attached hydrogens (tertiary/aromatic N) is 1. The van der Waals surface area contributed by atoms with Crippen LogP contribution in [0.25, 0.3) is 0 Å². The van der Waals surface area contributed by atoms with Crippen LogP contribution in [0.4, 0.5) is 0 Å². The lowest BCUT2D eigenvalue weighted by molar-refractivity contribution is -0.132. The zero-order valence-electron chi connectivity index (χ0n) is 10.6. The maximum atomic E-state index is 11.1. The fraction of sp³-hybridized carbons (Fsp3) is 0.417. The highest BCUT2D eigenvalue weighted by molar-refractivity contribution is 5.73. The molecule has 0 aromatic carbocycles. The van der Waals surface area contributed by atoms with Crippen LogP contribution in [0.3, 0.4) is 0 Å². The number of carbonyl (C=O) groups excluding carboxylic acids is 2. The van der Waals surface area contributed by atoms with Gasteiger partial charge in [0, 0.05) is 37.7 Å². The Bertz CT molecular complexity index is 471. The fourth-order valence-electron chi connectivity index (χ4n) is 1.50. The minimum atomic E-state index is -0.473. The van der Waals surface area contributed by atoms with E-state index in [1.807, 2.05) is 0 Å². The van der Waals surface area contributed by atoms with Crippen molar-refractivity contribution < 1.29 is 19.4 Å². The highest BCUT2D eigenvalue weighted by Gasteiger charge is 2.15. The summed E-state index contributed by atoms with van der Waals surface area (Å²) in [5, 5.41) is 11.8. The first-order valence-corrected chi connectivity index (χ1v) is 5.46. The van der Waals surface area contributed by atoms with E-state index in [2.05, 4.69) is 10.3 Å². The molecule has 6 heteroatoms. The van der Waals surface area contributed by atoms with E-state index >= 15 is 0 Å². The zero-order chi connectivity index (χ0) is 13.7. The van der Waals surface area contributed by atoms with E-state index in [-0.39, 0.29) is 19.1 Å². The van der Waals surface area contributed by atoms with Crippen LogP contribution in [0.5, 0.6) is 5.75 Å². The molecule has 0 saturated carbocycles. The normalized spacial score (nSPS) is 10.0. The summed E-state index contributed by atoms with van der Waals surface area (Å²) in [7, 11) is 0. The Hall–Kier alpha value is -1.95. The Kier molecular flexibility index (Phi) is 4.79. The van der Waals surface area contributed by atoms with Crippen LogP contribution < -0.4 is 10.1 Å². The number of rotatable bonds is 4. The highest BCUT2D eigenvalue weighted by atomic mass is 16.5. The molecule has 0 bridgehead atoms. The van der Waals surface area contributed by atoms with Crippen LogP contribution in [0, 0.1) is 6.92 Å². The number of carbonyl (C=O) groups is 2. The van der Waals surface area contributed by atoms with Gasteiger partial charge in [-0.15, -0.1) is 0 Å². The van der Waals surface area contributed by atoms with Crippen molar-refractivity contribution in [3.05, 3.63) is 23.0 Å². The van der Waals surface area contributed by atoms with E-state index in [1.165, 1.54) is 20.0 Å². The Morgan fingerprint density at radius 1 is 1.44 bits per heavy atom. The average molecular weight is 252 g/mol. The Labute approximate surface area is 105 Å². The number of pyridine rings is 1. The molecule has 0 unspecified atom stereocenters. The van der Waals surface area contributed by atoms with Gasteiger partial charge in [-0.1, -0.05) is 0 Å². The predicted octanol–water partition coefficient (Wildman–Crippen LogP) is 0.444. The number of esters is 1. The summed E-state index contributed by atoms with van der Waals surface area (Å²) >= 11 is 0. The molecule has 6 nitrogen and oxygen atoms in total. The SMILES string of the molecule is CC(=O)NCc1c(CO)cnc(C)c1OC(C)=O.